The Balaban J connectivity index is 1.72. The summed E-state index contributed by atoms with van der Waals surface area (Å²) in [5.74, 6) is 1.33. The van der Waals surface area contributed by atoms with Gasteiger partial charge >= 0.3 is 0 Å². The molecule has 0 aliphatic heterocycles. The second-order valence-corrected chi connectivity index (χ2v) is 6.00. The number of carbonyl (C=O) groups excluding carboxylic acids is 1. The van der Waals surface area contributed by atoms with Crippen molar-refractivity contribution < 1.29 is 4.79 Å². The van der Waals surface area contributed by atoms with E-state index in [0.29, 0.717) is 17.9 Å². The van der Waals surface area contributed by atoms with Gasteiger partial charge in [-0.15, -0.1) is 0 Å². The first kappa shape index (κ1) is 11.3. The Bertz CT molecular complexity index is 483. The van der Waals surface area contributed by atoms with Crippen LogP contribution in [0.4, 0.5) is 0 Å². The van der Waals surface area contributed by atoms with Crippen LogP contribution in [0.25, 0.3) is 0 Å². The number of amides is 1. The van der Waals surface area contributed by atoms with Crippen molar-refractivity contribution in [3.05, 3.63) is 45.6 Å². The van der Waals surface area contributed by atoms with Crippen molar-refractivity contribution in [1.29, 1.82) is 0 Å². The lowest BCUT2D eigenvalue weighted by atomic mass is 10.0. The van der Waals surface area contributed by atoms with Crippen LogP contribution >= 0.6 is 22.6 Å². The van der Waals surface area contributed by atoms with Crippen LogP contribution in [-0.2, 0) is 0 Å². The molecule has 3 atom stereocenters. The number of halogens is 1. The maximum absolute atomic E-state index is 12.2. The van der Waals surface area contributed by atoms with Gasteiger partial charge in [0.2, 0.25) is 0 Å². The van der Waals surface area contributed by atoms with E-state index in [1.165, 1.54) is 6.42 Å². The van der Waals surface area contributed by atoms with Gasteiger partial charge in [0, 0.05) is 9.61 Å². The summed E-state index contributed by atoms with van der Waals surface area (Å²) in [6.45, 7) is 0. The van der Waals surface area contributed by atoms with E-state index in [1.807, 2.05) is 24.3 Å². The second kappa shape index (κ2) is 4.44. The van der Waals surface area contributed by atoms with Gasteiger partial charge in [0.1, 0.15) is 0 Å². The fourth-order valence-corrected chi connectivity index (χ4v) is 3.47. The summed E-state index contributed by atoms with van der Waals surface area (Å²) in [7, 11) is 0. The zero-order valence-corrected chi connectivity index (χ0v) is 11.6. The fraction of sp³-hybridized carbons (Fsp3) is 0.357. The Labute approximate surface area is 115 Å². The molecule has 2 nitrogen and oxygen atoms in total. The number of fused-ring (bicyclic) bond motifs is 2. The summed E-state index contributed by atoms with van der Waals surface area (Å²) >= 11 is 2.21. The highest BCUT2D eigenvalue weighted by atomic mass is 127. The number of rotatable bonds is 2. The Morgan fingerprint density at radius 3 is 2.71 bits per heavy atom. The molecule has 3 heteroatoms. The second-order valence-electron chi connectivity index (χ2n) is 4.84. The number of nitrogens with one attached hydrogen (secondary N) is 1. The molecule has 1 fully saturated rings. The van der Waals surface area contributed by atoms with Crippen molar-refractivity contribution in [2.45, 2.75) is 18.9 Å². The lowest BCUT2D eigenvalue weighted by molar-refractivity contribution is 0.0930. The normalized spacial score (nSPS) is 29.6. The van der Waals surface area contributed by atoms with E-state index >= 15 is 0 Å². The van der Waals surface area contributed by atoms with Crippen LogP contribution in [-0.4, -0.2) is 11.9 Å². The summed E-state index contributed by atoms with van der Waals surface area (Å²) in [5.41, 5.74) is 0.792. The molecule has 1 amide bonds. The average molecular weight is 339 g/mol. The van der Waals surface area contributed by atoms with Crippen LogP contribution in [0.2, 0.25) is 0 Å². The highest BCUT2D eigenvalue weighted by molar-refractivity contribution is 14.1. The fourth-order valence-electron chi connectivity index (χ4n) is 2.84. The summed E-state index contributed by atoms with van der Waals surface area (Å²) in [6, 6.07) is 8.07. The lowest BCUT2D eigenvalue weighted by Crippen LogP contribution is -2.37. The van der Waals surface area contributed by atoms with E-state index in [0.717, 1.165) is 15.6 Å². The minimum Gasteiger partial charge on any atom is -0.349 e. The van der Waals surface area contributed by atoms with Crippen LogP contribution in [0.15, 0.2) is 36.4 Å². The quantitative estimate of drug-likeness (QED) is 0.651. The number of hydrogen-bond acceptors (Lipinski definition) is 1. The highest BCUT2D eigenvalue weighted by Crippen LogP contribution is 2.39. The molecule has 2 aliphatic carbocycles. The molecule has 0 spiro atoms. The first-order chi connectivity index (χ1) is 8.24. The van der Waals surface area contributed by atoms with Gasteiger partial charge in [-0.2, -0.15) is 0 Å². The van der Waals surface area contributed by atoms with Gasteiger partial charge in [-0.25, -0.2) is 0 Å². The van der Waals surface area contributed by atoms with E-state index in [-0.39, 0.29) is 5.91 Å². The maximum atomic E-state index is 12.2. The molecule has 3 rings (SSSR count). The molecule has 1 saturated carbocycles. The Kier molecular flexibility index (Phi) is 2.94. The largest absolute Gasteiger partial charge is 0.349 e. The van der Waals surface area contributed by atoms with E-state index in [4.69, 9.17) is 0 Å². The van der Waals surface area contributed by atoms with Crippen molar-refractivity contribution in [3.8, 4) is 0 Å². The first-order valence-electron chi connectivity index (χ1n) is 5.98. The van der Waals surface area contributed by atoms with E-state index in [1.54, 1.807) is 0 Å². The zero-order chi connectivity index (χ0) is 11.8. The minimum absolute atomic E-state index is 0.0703. The van der Waals surface area contributed by atoms with Crippen molar-refractivity contribution in [2.24, 2.45) is 11.8 Å². The Morgan fingerprint density at radius 2 is 2.06 bits per heavy atom. The van der Waals surface area contributed by atoms with Gasteiger partial charge in [-0.1, -0.05) is 24.3 Å². The summed E-state index contributed by atoms with van der Waals surface area (Å²) in [6.07, 6.45) is 6.88. The third-order valence-corrected chi connectivity index (χ3v) is 4.65. The molecule has 2 bridgehead atoms. The molecule has 0 heterocycles. The van der Waals surface area contributed by atoms with Crippen LogP contribution in [0.5, 0.6) is 0 Å². The minimum atomic E-state index is 0.0703. The Morgan fingerprint density at radius 1 is 1.24 bits per heavy atom. The van der Waals surface area contributed by atoms with E-state index in [9.17, 15) is 4.79 Å². The molecule has 2 aliphatic rings. The molecule has 0 radical (unpaired) electrons. The summed E-state index contributed by atoms with van der Waals surface area (Å²) in [5, 5.41) is 3.17. The molecule has 0 saturated heterocycles. The van der Waals surface area contributed by atoms with Gasteiger partial charge < -0.3 is 5.32 Å². The van der Waals surface area contributed by atoms with Gasteiger partial charge in [0.05, 0.1) is 5.56 Å². The molecule has 1 aromatic carbocycles. The number of hydrogen-bond donors (Lipinski definition) is 1. The van der Waals surface area contributed by atoms with Crippen LogP contribution < -0.4 is 5.32 Å². The lowest BCUT2D eigenvalue weighted by Gasteiger charge is -2.20. The van der Waals surface area contributed by atoms with Gasteiger partial charge in [-0.05, 0) is 59.4 Å². The third-order valence-electron chi connectivity index (χ3n) is 3.71. The molecule has 0 aromatic heterocycles. The van der Waals surface area contributed by atoms with Gasteiger partial charge in [0.25, 0.3) is 5.91 Å². The highest BCUT2D eigenvalue weighted by Gasteiger charge is 2.36. The van der Waals surface area contributed by atoms with Gasteiger partial charge in [0.15, 0.2) is 0 Å². The number of carbonyl (C=O) groups is 1. The molecule has 17 heavy (non-hydrogen) atoms. The zero-order valence-electron chi connectivity index (χ0n) is 9.40. The van der Waals surface area contributed by atoms with Gasteiger partial charge in [-0.3, -0.25) is 4.79 Å². The number of benzene rings is 1. The topological polar surface area (TPSA) is 29.1 Å². The number of allylic oxidation sites excluding steroid dienone is 1. The van der Waals surface area contributed by atoms with Crippen molar-refractivity contribution >= 4 is 28.5 Å². The first-order valence-corrected chi connectivity index (χ1v) is 7.05. The standard InChI is InChI=1S/C14H14INO/c15-12-4-2-1-3-11(12)14(17)16-13-8-9-5-6-10(13)7-9/h1-6,9-10,13H,7-8H2,(H,16,17). The van der Waals surface area contributed by atoms with E-state index in [2.05, 4.69) is 40.1 Å². The smallest absolute Gasteiger partial charge is 0.252 e. The van der Waals surface area contributed by atoms with Crippen LogP contribution in [0.1, 0.15) is 23.2 Å². The monoisotopic (exact) mass is 339 g/mol. The average Bonchev–Trinajstić information content (AvgIpc) is 2.91. The molecule has 88 valence electrons. The third kappa shape index (κ3) is 2.12. The van der Waals surface area contributed by atoms with Crippen LogP contribution in [0.3, 0.4) is 0 Å². The maximum Gasteiger partial charge on any atom is 0.252 e. The molecule has 1 aromatic rings. The Hall–Kier alpha value is -0.840. The van der Waals surface area contributed by atoms with Crippen molar-refractivity contribution in [1.82, 2.24) is 5.32 Å². The van der Waals surface area contributed by atoms with Crippen molar-refractivity contribution in [3.63, 3.8) is 0 Å². The molecular weight excluding hydrogens is 325 g/mol. The molecular formula is C14H14INO. The van der Waals surface area contributed by atoms with Crippen LogP contribution in [0, 0.1) is 15.4 Å². The SMILES string of the molecule is O=C(NC1CC2C=CC1C2)c1ccccc1I. The summed E-state index contributed by atoms with van der Waals surface area (Å²) < 4.78 is 1.02. The summed E-state index contributed by atoms with van der Waals surface area (Å²) in [4.78, 5) is 12.2. The predicted octanol–water partition coefficient (Wildman–Crippen LogP) is 2.99. The van der Waals surface area contributed by atoms with Crippen molar-refractivity contribution in [2.75, 3.05) is 0 Å². The van der Waals surface area contributed by atoms with E-state index < -0.39 is 0 Å². The predicted molar refractivity (Wildman–Crippen MR) is 75.8 cm³/mol. The molecule has 3 unspecified atom stereocenters. The molecule has 1 N–H and O–H groups in total.